The second-order valence-corrected chi connectivity index (χ2v) is 3.82. The monoisotopic (exact) mass is 227 g/mol. The molecule has 0 N–H and O–H groups in total. The van der Waals surface area contributed by atoms with E-state index in [4.69, 9.17) is 4.74 Å². The first-order valence-corrected chi connectivity index (χ1v) is 5.62. The summed E-state index contributed by atoms with van der Waals surface area (Å²) in [6.45, 7) is 3.81. The van der Waals surface area contributed by atoms with Crippen LogP contribution in [0.3, 0.4) is 0 Å². The molecule has 16 heavy (non-hydrogen) atoms. The first-order valence-electron chi connectivity index (χ1n) is 5.62. The van der Waals surface area contributed by atoms with E-state index in [2.05, 4.69) is 0 Å². The Morgan fingerprint density at radius 1 is 1.69 bits per heavy atom. The van der Waals surface area contributed by atoms with E-state index in [0.717, 1.165) is 6.42 Å². The van der Waals surface area contributed by atoms with Crippen LogP contribution in [0.15, 0.2) is 11.6 Å². The van der Waals surface area contributed by atoms with Gasteiger partial charge in [-0.2, -0.15) is 0 Å². The highest BCUT2D eigenvalue weighted by molar-refractivity contribution is 5.89. The Kier molecular flexibility index (Phi) is 4.46. The maximum atomic E-state index is 11.6. The van der Waals surface area contributed by atoms with Crippen molar-refractivity contribution in [1.29, 1.82) is 0 Å². The molecule has 2 unspecified atom stereocenters. The molecule has 1 aliphatic rings. The van der Waals surface area contributed by atoms with E-state index in [1.165, 1.54) is 0 Å². The summed E-state index contributed by atoms with van der Waals surface area (Å²) in [7, 11) is 0. The molecule has 0 saturated carbocycles. The van der Waals surface area contributed by atoms with E-state index in [-0.39, 0.29) is 10.8 Å². The number of rotatable bonds is 5. The van der Waals surface area contributed by atoms with Crippen LogP contribution in [-0.4, -0.2) is 23.5 Å². The van der Waals surface area contributed by atoms with Crippen LogP contribution in [0.2, 0.25) is 0 Å². The van der Waals surface area contributed by atoms with Gasteiger partial charge in [-0.3, -0.25) is 10.1 Å². The van der Waals surface area contributed by atoms with Crippen molar-refractivity contribution in [3.05, 3.63) is 21.8 Å². The van der Waals surface area contributed by atoms with Crippen molar-refractivity contribution in [3.63, 3.8) is 0 Å². The van der Waals surface area contributed by atoms with Gasteiger partial charge in [0, 0.05) is 16.9 Å². The van der Waals surface area contributed by atoms with Gasteiger partial charge >= 0.3 is 5.97 Å². The number of carbonyl (C=O) groups is 1. The molecule has 5 nitrogen and oxygen atoms in total. The number of carbonyl (C=O) groups excluding carboxylic acids is 1. The van der Waals surface area contributed by atoms with Crippen LogP contribution in [0.4, 0.5) is 0 Å². The van der Waals surface area contributed by atoms with Crippen molar-refractivity contribution >= 4 is 5.97 Å². The van der Waals surface area contributed by atoms with Gasteiger partial charge in [0.15, 0.2) is 0 Å². The van der Waals surface area contributed by atoms with Crippen molar-refractivity contribution in [2.45, 2.75) is 39.2 Å². The van der Waals surface area contributed by atoms with Gasteiger partial charge in [-0.25, -0.2) is 4.79 Å². The van der Waals surface area contributed by atoms with Crippen LogP contribution in [0.25, 0.3) is 0 Å². The van der Waals surface area contributed by atoms with Gasteiger partial charge < -0.3 is 4.74 Å². The predicted octanol–water partition coefficient (Wildman–Crippen LogP) is 1.94. The molecule has 5 heteroatoms. The van der Waals surface area contributed by atoms with Crippen molar-refractivity contribution in [3.8, 4) is 0 Å². The van der Waals surface area contributed by atoms with Crippen LogP contribution < -0.4 is 0 Å². The van der Waals surface area contributed by atoms with E-state index < -0.39 is 12.0 Å². The summed E-state index contributed by atoms with van der Waals surface area (Å²) in [6, 6.07) is -0.668. The third-order valence-corrected chi connectivity index (χ3v) is 2.91. The molecule has 0 aromatic carbocycles. The lowest BCUT2D eigenvalue weighted by Crippen LogP contribution is -2.31. The number of ether oxygens (including phenoxy) is 1. The summed E-state index contributed by atoms with van der Waals surface area (Å²) in [5.41, 5.74) is 0.491. The van der Waals surface area contributed by atoms with E-state index in [1.807, 2.05) is 0 Å². The number of nitro groups is 1. The summed E-state index contributed by atoms with van der Waals surface area (Å²) in [5.74, 6) is -0.677. The molecular formula is C11H17NO4. The zero-order chi connectivity index (χ0) is 12.1. The van der Waals surface area contributed by atoms with Gasteiger partial charge in [0.1, 0.15) is 0 Å². The molecule has 0 spiro atoms. The minimum absolute atomic E-state index is 0.279. The Morgan fingerprint density at radius 2 is 2.38 bits per heavy atom. The fourth-order valence-electron chi connectivity index (χ4n) is 2.15. The molecule has 0 aromatic heterocycles. The fraction of sp³-hybridized carbons (Fsp3) is 0.727. The lowest BCUT2D eigenvalue weighted by molar-refractivity contribution is -0.530. The minimum Gasteiger partial charge on any atom is -0.463 e. The van der Waals surface area contributed by atoms with Gasteiger partial charge in [-0.15, -0.1) is 0 Å². The molecule has 2 atom stereocenters. The second kappa shape index (κ2) is 5.63. The van der Waals surface area contributed by atoms with Crippen LogP contribution in [-0.2, 0) is 9.53 Å². The molecule has 0 aromatic rings. The SMILES string of the molecule is CCOC(=O)C1=CCCC1C(CC)[N+](=O)[O-]. The van der Waals surface area contributed by atoms with Gasteiger partial charge in [0.25, 0.3) is 0 Å². The summed E-state index contributed by atoms with van der Waals surface area (Å²) in [6.07, 6.45) is 3.61. The van der Waals surface area contributed by atoms with E-state index >= 15 is 0 Å². The van der Waals surface area contributed by atoms with E-state index in [0.29, 0.717) is 25.0 Å². The number of allylic oxidation sites excluding steroid dienone is 1. The topological polar surface area (TPSA) is 69.4 Å². The van der Waals surface area contributed by atoms with Gasteiger partial charge in [0.2, 0.25) is 6.04 Å². The van der Waals surface area contributed by atoms with Gasteiger partial charge in [-0.1, -0.05) is 13.0 Å². The lowest BCUT2D eigenvalue weighted by Gasteiger charge is -2.17. The number of hydrogen-bond donors (Lipinski definition) is 0. The molecule has 0 fully saturated rings. The maximum absolute atomic E-state index is 11.6. The molecule has 0 radical (unpaired) electrons. The maximum Gasteiger partial charge on any atom is 0.334 e. The average Bonchev–Trinajstić information content (AvgIpc) is 2.67. The Bertz CT molecular complexity index is 311. The second-order valence-electron chi connectivity index (χ2n) is 3.82. The number of hydrogen-bond acceptors (Lipinski definition) is 4. The zero-order valence-corrected chi connectivity index (χ0v) is 9.64. The summed E-state index contributed by atoms with van der Waals surface area (Å²) >= 11 is 0. The highest BCUT2D eigenvalue weighted by Gasteiger charge is 2.38. The van der Waals surface area contributed by atoms with Crippen LogP contribution in [0, 0.1) is 16.0 Å². The Balaban J connectivity index is 2.78. The van der Waals surface area contributed by atoms with Crippen molar-refractivity contribution in [2.75, 3.05) is 6.61 Å². The molecule has 0 amide bonds. The minimum atomic E-state index is -0.668. The fourth-order valence-corrected chi connectivity index (χ4v) is 2.15. The molecule has 1 rings (SSSR count). The summed E-state index contributed by atoms with van der Waals surface area (Å²) in [4.78, 5) is 22.2. The summed E-state index contributed by atoms with van der Waals surface area (Å²) in [5, 5.41) is 10.9. The van der Waals surface area contributed by atoms with Gasteiger partial charge in [-0.05, 0) is 19.8 Å². The van der Waals surface area contributed by atoms with Crippen molar-refractivity contribution in [1.82, 2.24) is 0 Å². The molecule has 1 aliphatic carbocycles. The number of esters is 1. The standard InChI is InChI=1S/C11H17NO4/c1-3-10(12(14)15)8-6-5-7-9(8)11(13)16-4-2/h7-8,10H,3-6H2,1-2H3. The van der Waals surface area contributed by atoms with E-state index in [9.17, 15) is 14.9 Å². The molecular weight excluding hydrogens is 210 g/mol. The molecule has 0 saturated heterocycles. The normalized spacial score (nSPS) is 21.4. The first-order chi connectivity index (χ1) is 7.61. The third kappa shape index (κ3) is 2.59. The molecule has 0 heterocycles. The average molecular weight is 227 g/mol. The van der Waals surface area contributed by atoms with Crippen LogP contribution >= 0.6 is 0 Å². The van der Waals surface area contributed by atoms with Crippen LogP contribution in [0.5, 0.6) is 0 Å². The Labute approximate surface area is 94.6 Å². The van der Waals surface area contributed by atoms with Crippen LogP contribution in [0.1, 0.15) is 33.1 Å². The smallest absolute Gasteiger partial charge is 0.334 e. The zero-order valence-electron chi connectivity index (χ0n) is 9.64. The van der Waals surface area contributed by atoms with Gasteiger partial charge in [0.05, 0.1) is 12.5 Å². The first kappa shape index (κ1) is 12.7. The quantitative estimate of drug-likeness (QED) is 0.409. The molecule has 0 bridgehead atoms. The highest BCUT2D eigenvalue weighted by Crippen LogP contribution is 2.32. The molecule has 90 valence electrons. The van der Waals surface area contributed by atoms with Crippen molar-refractivity contribution in [2.24, 2.45) is 5.92 Å². The Morgan fingerprint density at radius 3 is 2.88 bits per heavy atom. The lowest BCUT2D eigenvalue weighted by atomic mass is 9.91. The predicted molar refractivity (Wildman–Crippen MR) is 58.5 cm³/mol. The van der Waals surface area contributed by atoms with E-state index in [1.54, 1.807) is 19.9 Å². The molecule has 0 aliphatic heterocycles. The highest BCUT2D eigenvalue weighted by atomic mass is 16.6. The third-order valence-electron chi connectivity index (χ3n) is 2.91. The number of nitrogens with zero attached hydrogens (tertiary/aromatic N) is 1. The largest absolute Gasteiger partial charge is 0.463 e. The summed E-state index contributed by atoms with van der Waals surface area (Å²) < 4.78 is 4.90. The van der Waals surface area contributed by atoms with Crippen molar-refractivity contribution < 1.29 is 14.5 Å². The Hall–Kier alpha value is -1.39.